The molecule has 176 valence electrons. The second-order valence-electron chi connectivity index (χ2n) is 9.27. The molecule has 0 aromatic carbocycles. The predicted molar refractivity (Wildman–Crippen MR) is 137 cm³/mol. The third-order valence-electron chi connectivity index (χ3n) is 5.54. The number of guanidine groups is 1. The first kappa shape index (κ1) is 26.2. The van der Waals surface area contributed by atoms with E-state index in [4.69, 9.17) is 4.74 Å². The van der Waals surface area contributed by atoms with Crippen LogP contribution in [0.5, 0.6) is 0 Å². The van der Waals surface area contributed by atoms with Crippen LogP contribution in [0.3, 0.4) is 0 Å². The van der Waals surface area contributed by atoms with Crippen molar-refractivity contribution in [2.45, 2.75) is 78.0 Å². The van der Waals surface area contributed by atoms with Crippen LogP contribution in [0.4, 0.5) is 4.79 Å². The Kier molecular flexibility index (Phi) is 9.85. The summed E-state index contributed by atoms with van der Waals surface area (Å²) in [5.74, 6) is 1.56. The number of hydrogen-bond donors (Lipinski definition) is 1. The zero-order chi connectivity index (χ0) is 21.7. The van der Waals surface area contributed by atoms with Crippen molar-refractivity contribution in [1.29, 1.82) is 0 Å². The first-order valence-electron chi connectivity index (χ1n) is 11.2. The molecule has 1 aliphatic heterocycles. The largest absolute Gasteiger partial charge is 0.444 e. The van der Waals surface area contributed by atoms with Gasteiger partial charge in [0.2, 0.25) is 0 Å². The van der Waals surface area contributed by atoms with E-state index in [1.807, 2.05) is 38.9 Å². The number of piperidine rings is 1. The lowest BCUT2D eigenvalue weighted by Gasteiger charge is -2.40. The number of ether oxygens (including phenoxy) is 1. The monoisotopic (exact) mass is 563 g/mol. The lowest BCUT2D eigenvalue weighted by Crippen LogP contribution is -2.52. The molecular weight excluding hydrogens is 525 g/mol. The molecule has 7 nitrogen and oxygen atoms in total. The van der Waals surface area contributed by atoms with Gasteiger partial charge in [0.15, 0.2) is 5.96 Å². The average molecular weight is 564 g/mol. The number of aromatic nitrogens is 1. The van der Waals surface area contributed by atoms with Crippen molar-refractivity contribution in [2.75, 3.05) is 26.7 Å². The van der Waals surface area contributed by atoms with Crippen LogP contribution in [0.15, 0.2) is 11.2 Å². The SMILES string of the molecule is CCc1cnc(CNC(=NC)N2CCC(N(CC3CC3)C(=O)OC(C)(C)C)CC2)s1.I. The quantitative estimate of drug-likeness (QED) is 0.314. The van der Waals surface area contributed by atoms with Gasteiger partial charge in [-0.15, -0.1) is 35.3 Å². The molecule has 1 amide bonds. The molecule has 0 unspecified atom stereocenters. The summed E-state index contributed by atoms with van der Waals surface area (Å²) < 4.78 is 5.71. The van der Waals surface area contributed by atoms with Crippen molar-refractivity contribution in [3.8, 4) is 0 Å². The first-order chi connectivity index (χ1) is 14.3. The number of aryl methyl sites for hydroxylation is 1. The molecule has 1 N–H and O–H groups in total. The number of aliphatic imine (C=N–C) groups is 1. The van der Waals surface area contributed by atoms with Crippen LogP contribution in [0.25, 0.3) is 0 Å². The van der Waals surface area contributed by atoms with Gasteiger partial charge in [0, 0.05) is 43.8 Å². The summed E-state index contributed by atoms with van der Waals surface area (Å²) in [5.41, 5.74) is -0.459. The molecule has 1 saturated carbocycles. The summed E-state index contributed by atoms with van der Waals surface area (Å²) in [6.07, 6.45) is 7.14. The topological polar surface area (TPSA) is 70.1 Å². The van der Waals surface area contributed by atoms with Crippen molar-refractivity contribution < 1.29 is 9.53 Å². The fourth-order valence-electron chi connectivity index (χ4n) is 3.74. The van der Waals surface area contributed by atoms with Crippen LogP contribution in [-0.4, -0.2) is 65.2 Å². The highest BCUT2D eigenvalue weighted by molar-refractivity contribution is 14.0. The fraction of sp³-hybridized carbons (Fsp3) is 0.773. The molecule has 3 rings (SSSR count). The maximum absolute atomic E-state index is 12.8. The average Bonchev–Trinajstić information content (AvgIpc) is 3.41. The molecule has 0 spiro atoms. The number of amides is 1. The van der Waals surface area contributed by atoms with Gasteiger partial charge in [0.1, 0.15) is 10.6 Å². The van der Waals surface area contributed by atoms with Crippen LogP contribution < -0.4 is 5.32 Å². The Hall–Kier alpha value is -1.10. The third-order valence-corrected chi connectivity index (χ3v) is 6.69. The Bertz CT molecular complexity index is 737. The second kappa shape index (κ2) is 11.7. The number of nitrogens with one attached hydrogen (secondary N) is 1. The fourth-order valence-corrected chi connectivity index (χ4v) is 4.54. The summed E-state index contributed by atoms with van der Waals surface area (Å²) in [6, 6.07) is 0.237. The lowest BCUT2D eigenvalue weighted by molar-refractivity contribution is 0.00928. The van der Waals surface area contributed by atoms with Crippen LogP contribution in [0.2, 0.25) is 0 Å². The normalized spacial score (nSPS) is 17.8. The lowest BCUT2D eigenvalue weighted by atomic mass is 10.0. The van der Waals surface area contributed by atoms with Gasteiger partial charge in [-0.2, -0.15) is 0 Å². The summed E-state index contributed by atoms with van der Waals surface area (Å²) in [7, 11) is 1.83. The number of rotatable bonds is 6. The minimum absolute atomic E-state index is 0. The molecule has 2 aliphatic rings. The van der Waals surface area contributed by atoms with Crippen molar-refractivity contribution in [3.05, 3.63) is 16.1 Å². The molecule has 1 aromatic rings. The van der Waals surface area contributed by atoms with E-state index in [-0.39, 0.29) is 36.1 Å². The first-order valence-corrected chi connectivity index (χ1v) is 12.0. The van der Waals surface area contributed by atoms with Gasteiger partial charge in [0.25, 0.3) is 0 Å². The molecule has 31 heavy (non-hydrogen) atoms. The van der Waals surface area contributed by atoms with E-state index in [0.717, 1.165) is 49.9 Å². The summed E-state index contributed by atoms with van der Waals surface area (Å²) in [4.78, 5) is 27.4. The molecule has 2 fully saturated rings. The Morgan fingerprint density at radius 1 is 1.32 bits per heavy atom. The molecule has 0 bridgehead atoms. The van der Waals surface area contributed by atoms with Gasteiger partial charge in [-0.05, 0) is 58.8 Å². The van der Waals surface area contributed by atoms with Gasteiger partial charge in [-0.3, -0.25) is 4.99 Å². The maximum Gasteiger partial charge on any atom is 0.410 e. The van der Waals surface area contributed by atoms with Crippen molar-refractivity contribution in [2.24, 2.45) is 10.9 Å². The van der Waals surface area contributed by atoms with Crippen molar-refractivity contribution >= 4 is 47.4 Å². The van der Waals surface area contributed by atoms with E-state index in [1.165, 1.54) is 17.7 Å². The summed E-state index contributed by atoms with van der Waals surface area (Å²) in [6.45, 7) is 11.2. The third kappa shape index (κ3) is 8.07. The maximum atomic E-state index is 12.8. The summed E-state index contributed by atoms with van der Waals surface area (Å²) in [5, 5.41) is 4.54. The van der Waals surface area contributed by atoms with E-state index < -0.39 is 5.60 Å². The minimum Gasteiger partial charge on any atom is -0.444 e. The zero-order valence-electron chi connectivity index (χ0n) is 19.5. The smallest absolute Gasteiger partial charge is 0.410 e. The molecule has 1 saturated heterocycles. The molecule has 1 aromatic heterocycles. The van der Waals surface area contributed by atoms with Crippen LogP contribution in [-0.2, 0) is 17.7 Å². The van der Waals surface area contributed by atoms with Gasteiger partial charge in [-0.1, -0.05) is 6.92 Å². The standard InChI is InChI=1S/C22H37N5O2S.HI/c1-6-18-13-24-19(30-18)14-25-20(23-5)26-11-9-17(10-12-26)27(15-16-7-8-16)21(28)29-22(2,3)4;/h13,16-17H,6-12,14-15H2,1-5H3,(H,23,25);1H. The Balaban J connectivity index is 0.00000341. The van der Waals surface area contributed by atoms with Gasteiger partial charge in [0.05, 0.1) is 6.54 Å². The van der Waals surface area contributed by atoms with Crippen LogP contribution in [0, 0.1) is 5.92 Å². The molecule has 9 heteroatoms. The number of hydrogen-bond acceptors (Lipinski definition) is 5. The summed E-state index contributed by atoms with van der Waals surface area (Å²) >= 11 is 1.75. The molecule has 0 radical (unpaired) electrons. The number of halogens is 1. The van der Waals surface area contributed by atoms with E-state index >= 15 is 0 Å². The minimum atomic E-state index is -0.459. The zero-order valence-corrected chi connectivity index (χ0v) is 22.7. The number of carbonyl (C=O) groups is 1. The van der Waals surface area contributed by atoms with Crippen molar-refractivity contribution in [1.82, 2.24) is 20.1 Å². The van der Waals surface area contributed by atoms with Gasteiger partial charge < -0.3 is 19.9 Å². The highest BCUT2D eigenvalue weighted by Crippen LogP contribution is 2.32. The van der Waals surface area contributed by atoms with E-state index in [1.54, 1.807) is 11.3 Å². The molecular formula is C22H38IN5O2S. The number of thiazole rings is 1. The molecule has 0 atom stereocenters. The van der Waals surface area contributed by atoms with Crippen molar-refractivity contribution in [3.63, 3.8) is 0 Å². The van der Waals surface area contributed by atoms with Gasteiger partial charge >= 0.3 is 6.09 Å². The highest BCUT2D eigenvalue weighted by Gasteiger charge is 2.35. The molecule has 2 heterocycles. The van der Waals surface area contributed by atoms with Gasteiger partial charge in [-0.25, -0.2) is 9.78 Å². The number of carbonyl (C=O) groups excluding carboxylic acids is 1. The molecule has 1 aliphatic carbocycles. The van der Waals surface area contributed by atoms with Crippen LogP contribution >= 0.6 is 35.3 Å². The predicted octanol–water partition coefficient (Wildman–Crippen LogP) is 4.51. The Labute approximate surface area is 208 Å². The Morgan fingerprint density at radius 2 is 2.00 bits per heavy atom. The number of likely N-dealkylation sites (tertiary alicyclic amines) is 1. The van der Waals surface area contributed by atoms with E-state index in [0.29, 0.717) is 12.5 Å². The van der Waals surface area contributed by atoms with E-state index in [2.05, 4.69) is 27.1 Å². The number of nitrogens with zero attached hydrogens (tertiary/aromatic N) is 4. The Morgan fingerprint density at radius 3 is 2.52 bits per heavy atom. The highest BCUT2D eigenvalue weighted by atomic mass is 127. The second-order valence-corrected chi connectivity index (χ2v) is 10.5. The van der Waals surface area contributed by atoms with E-state index in [9.17, 15) is 4.79 Å². The van der Waals surface area contributed by atoms with Crippen LogP contribution in [0.1, 0.15) is 63.3 Å².